The Balaban J connectivity index is 1.62. The van der Waals surface area contributed by atoms with Gasteiger partial charge in [-0.3, -0.25) is 4.79 Å². The molecule has 0 radical (unpaired) electrons. The van der Waals surface area contributed by atoms with Gasteiger partial charge in [0.15, 0.2) is 0 Å². The molecular formula is C23H24N2O2. The van der Waals surface area contributed by atoms with Crippen LogP contribution < -0.4 is 15.0 Å². The summed E-state index contributed by atoms with van der Waals surface area (Å²) in [7, 11) is 2.01. The molecule has 0 aromatic heterocycles. The molecule has 0 spiro atoms. The smallest absolute Gasteiger partial charge is 0.265 e. The molecule has 3 aromatic rings. The summed E-state index contributed by atoms with van der Waals surface area (Å²) in [6.45, 7) is 1.24. The van der Waals surface area contributed by atoms with Crippen molar-refractivity contribution in [3.63, 3.8) is 0 Å². The summed E-state index contributed by atoms with van der Waals surface area (Å²) in [5.41, 5.74) is 1.95. The average Bonchev–Trinajstić information content (AvgIpc) is 2.74. The van der Waals surface area contributed by atoms with E-state index in [1.54, 1.807) is 0 Å². The molecule has 4 heteroatoms. The van der Waals surface area contributed by atoms with Crippen molar-refractivity contribution < 1.29 is 9.53 Å². The number of carbonyl (C=O) groups is 1. The molecule has 4 nitrogen and oxygen atoms in total. The van der Waals surface area contributed by atoms with Crippen molar-refractivity contribution in [1.29, 1.82) is 0 Å². The highest BCUT2D eigenvalue weighted by Crippen LogP contribution is 2.22. The van der Waals surface area contributed by atoms with Crippen molar-refractivity contribution >= 4 is 11.6 Å². The number of nitrogens with zero attached hydrogens (tertiary/aromatic N) is 1. The lowest BCUT2D eigenvalue weighted by molar-refractivity contribution is -0.128. The Hall–Kier alpha value is -3.27. The molecule has 0 aliphatic rings. The summed E-state index contributed by atoms with van der Waals surface area (Å²) < 4.78 is 5.98. The number of hydrogen-bond donors (Lipinski definition) is 1. The standard InChI is InChI=1S/C23H24N2O2/c1-25(20-13-7-3-8-14-20)18-17-24-23(26)22(19-11-5-2-6-12-19)27-21-15-9-4-10-16-21/h2-16,22H,17-18H2,1H3,(H,24,26). The molecule has 0 aliphatic heterocycles. The minimum absolute atomic E-state index is 0.147. The molecule has 0 heterocycles. The van der Waals surface area contributed by atoms with Crippen molar-refractivity contribution in [3.8, 4) is 5.75 Å². The third-order valence-corrected chi connectivity index (χ3v) is 4.28. The number of carbonyl (C=O) groups excluding carboxylic acids is 1. The van der Waals surface area contributed by atoms with Crippen LogP contribution in [0.2, 0.25) is 0 Å². The van der Waals surface area contributed by atoms with Gasteiger partial charge in [0.2, 0.25) is 6.10 Å². The largest absolute Gasteiger partial charge is 0.476 e. The van der Waals surface area contributed by atoms with Crippen LogP contribution in [0.15, 0.2) is 91.0 Å². The molecule has 3 aromatic carbocycles. The van der Waals surface area contributed by atoms with Crippen molar-refractivity contribution in [3.05, 3.63) is 96.6 Å². The molecule has 1 N–H and O–H groups in total. The van der Waals surface area contributed by atoms with E-state index in [1.807, 2.05) is 98.0 Å². The number of amides is 1. The van der Waals surface area contributed by atoms with Crippen LogP contribution >= 0.6 is 0 Å². The molecule has 0 bridgehead atoms. The van der Waals surface area contributed by atoms with Gasteiger partial charge in [0.1, 0.15) is 5.75 Å². The molecule has 27 heavy (non-hydrogen) atoms. The Labute approximate surface area is 160 Å². The lowest BCUT2D eigenvalue weighted by atomic mass is 10.1. The number of benzene rings is 3. The van der Waals surface area contributed by atoms with Gasteiger partial charge in [-0.1, -0.05) is 66.7 Å². The van der Waals surface area contributed by atoms with Gasteiger partial charge in [0.25, 0.3) is 5.91 Å². The van der Waals surface area contributed by atoms with Gasteiger partial charge in [-0.25, -0.2) is 0 Å². The molecule has 1 unspecified atom stereocenters. The summed E-state index contributed by atoms with van der Waals surface area (Å²) in [5.74, 6) is 0.523. The van der Waals surface area contributed by atoms with Crippen molar-refractivity contribution in [2.45, 2.75) is 6.10 Å². The van der Waals surface area contributed by atoms with E-state index >= 15 is 0 Å². The first-order valence-corrected chi connectivity index (χ1v) is 9.04. The quantitative estimate of drug-likeness (QED) is 0.659. The third-order valence-electron chi connectivity index (χ3n) is 4.28. The average molecular weight is 360 g/mol. The van der Waals surface area contributed by atoms with Gasteiger partial charge in [0, 0.05) is 31.4 Å². The maximum Gasteiger partial charge on any atom is 0.265 e. The van der Waals surface area contributed by atoms with Crippen LogP contribution in [0.25, 0.3) is 0 Å². The second-order valence-corrected chi connectivity index (χ2v) is 6.27. The van der Waals surface area contributed by atoms with Crippen LogP contribution in [0.1, 0.15) is 11.7 Å². The zero-order valence-electron chi connectivity index (χ0n) is 15.4. The van der Waals surface area contributed by atoms with Gasteiger partial charge in [-0.2, -0.15) is 0 Å². The van der Waals surface area contributed by atoms with Crippen LogP contribution in [0.3, 0.4) is 0 Å². The fourth-order valence-corrected chi connectivity index (χ4v) is 2.79. The number of hydrogen-bond acceptors (Lipinski definition) is 3. The Morgan fingerprint density at radius 1 is 0.889 bits per heavy atom. The predicted octanol–water partition coefficient (Wildman–Crippen LogP) is 4.06. The molecule has 0 fully saturated rings. The van der Waals surface area contributed by atoms with Gasteiger partial charge in [0.05, 0.1) is 0 Å². The van der Waals surface area contributed by atoms with Gasteiger partial charge in [-0.05, 0) is 24.3 Å². The van der Waals surface area contributed by atoms with E-state index in [2.05, 4.69) is 10.2 Å². The first kappa shape index (κ1) is 18.5. The number of rotatable bonds is 8. The number of ether oxygens (including phenoxy) is 1. The maximum absolute atomic E-state index is 12.8. The van der Waals surface area contributed by atoms with Gasteiger partial charge >= 0.3 is 0 Å². The topological polar surface area (TPSA) is 41.6 Å². The lowest BCUT2D eigenvalue weighted by Crippen LogP contribution is -2.37. The molecule has 1 atom stereocenters. The summed E-state index contributed by atoms with van der Waals surface area (Å²) >= 11 is 0. The lowest BCUT2D eigenvalue weighted by Gasteiger charge is -2.22. The number of para-hydroxylation sites is 2. The molecular weight excluding hydrogens is 336 g/mol. The van der Waals surface area contributed by atoms with Gasteiger partial charge in [-0.15, -0.1) is 0 Å². The molecule has 0 saturated heterocycles. The number of anilines is 1. The number of nitrogens with one attached hydrogen (secondary N) is 1. The van der Waals surface area contributed by atoms with E-state index in [0.29, 0.717) is 18.8 Å². The van der Waals surface area contributed by atoms with E-state index in [0.717, 1.165) is 11.3 Å². The monoisotopic (exact) mass is 360 g/mol. The maximum atomic E-state index is 12.8. The highest BCUT2D eigenvalue weighted by molar-refractivity contribution is 5.82. The second kappa shape index (κ2) is 9.43. The fourth-order valence-electron chi connectivity index (χ4n) is 2.79. The van der Waals surface area contributed by atoms with Crippen molar-refractivity contribution in [1.82, 2.24) is 5.32 Å². The zero-order valence-corrected chi connectivity index (χ0v) is 15.4. The molecule has 138 valence electrons. The minimum Gasteiger partial charge on any atom is -0.476 e. The summed E-state index contributed by atoms with van der Waals surface area (Å²) in [4.78, 5) is 14.9. The van der Waals surface area contributed by atoms with Crippen LogP contribution in [-0.4, -0.2) is 26.0 Å². The minimum atomic E-state index is -0.685. The van der Waals surface area contributed by atoms with Crippen LogP contribution in [0.5, 0.6) is 5.75 Å². The number of likely N-dealkylation sites (N-methyl/N-ethyl adjacent to an activating group) is 1. The summed E-state index contributed by atoms with van der Waals surface area (Å²) in [5, 5.41) is 3.00. The van der Waals surface area contributed by atoms with Crippen molar-refractivity contribution in [2.24, 2.45) is 0 Å². The molecule has 1 amide bonds. The zero-order chi connectivity index (χ0) is 18.9. The Kier molecular flexibility index (Phi) is 6.47. The predicted molar refractivity (Wildman–Crippen MR) is 109 cm³/mol. The van der Waals surface area contributed by atoms with E-state index in [9.17, 15) is 4.79 Å². The van der Waals surface area contributed by atoms with Crippen LogP contribution in [-0.2, 0) is 4.79 Å². The first-order chi connectivity index (χ1) is 13.2. The Bertz CT molecular complexity index is 823. The summed E-state index contributed by atoms with van der Waals surface area (Å²) in [6.07, 6.45) is -0.685. The third kappa shape index (κ3) is 5.35. The Morgan fingerprint density at radius 2 is 1.44 bits per heavy atom. The Morgan fingerprint density at radius 3 is 2.07 bits per heavy atom. The van der Waals surface area contributed by atoms with E-state index < -0.39 is 6.10 Å². The molecule has 3 rings (SSSR count). The summed E-state index contributed by atoms with van der Waals surface area (Å²) in [6, 6.07) is 29.1. The van der Waals surface area contributed by atoms with Crippen LogP contribution in [0, 0.1) is 0 Å². The highest BCUT2D eigenvalue weighted by Gasteiger charge is 2.22. The first-order valence-electron chi connectivity index (χ1n) is 9.04. The van der Waals surface area contributed by atoms with Crippen LogP contribution in [0.4, 0.5) is 5.69 Å². The van der Waals surface area contributed by atoms with Gasteiger partial charge < -0.3 is 15.0 Å². The van der Waals surface area contributed by atoms with Crippen molar-refractivity contribution in [2.75, 3.05) is 25.0 Å². The normalized spacial score (nSPS) is 11.4. The molecule has 0 saturated carbocycles. The fraction of sp³-hybridized carbons (Fsp3) is 0.174. The second-order valence-electron chi connectivity index (χ2n) is 6.27. The van der Waals surface area contributed by atoms with E-state index in [-0.39, 0.29) is 5.91 Å². The SMILES string of the molecule is CN(CCNC(=O)C(Oc1ccccc1)c1ccccc1)c1ccccc1. The van der Waals surface area contributed by atoms with E-state index in [4.69, 9.17) is 4.74 Å². The highest BCUT2D eigenvalue weighted by atomic mass is 16.5. The molecule has 0 aliphatic carbocycles. The van der Waals surface area contributed by atoms with E-state index in [1.165, 1.54) is 0 Å².